The standard InChI is InChI=1S/C19H25N3O2/c1-19(2,3)17-11-15(9-10-22(17)18(23)24)21-12-16(20-13-21)14-7-5-4-6-8-14/h4-8,12-13,15,17H,9-11H2,1-3H3,(H,23,24). The van der Waals surface area contributed by atoms with Gasteiger partial charge in [-0.1, -0.05) is 51.1 Å². The van der Waals surface area contributed by atoms with Crippen molar-refractivity contribution in [1.29, 1.82) is 0 Å². The average Bonchev–Trinajstić information content (AvgIpc) is 3.04. The molecule has 2 unspecified atom stereocenters. The molecule has 128 valence electrons. The lowest BCUT2D eigenvalue weighted by atomic mass is 9.79. The second kappa shape index (κ2) is 6.30. The van der Waals surface area contributed by atoms with E-state index in [0.29, 0.717) is 6.54 Å². The van der Waals surface area contributed by atoms with Gasteiger partial charge in [-0.25, -0.2) is 9.78 Å². The van der Waals surface area contributed by atoms with Gasteiger partial charge in [0, 0.05) is 30.4 Å². The van der Waals surface area contributed by atoms with Crippen molar-refractivity contribution < 1.29 is 9.90 Å². The molecule has 5 heteroatoms. The van der Waals surface area contributed by atoms with Crippen molar-refractivity contribution in [2.75, 3.05) is 6.54 Å². The Labute approximate surface area is 142 Å². The number of carboxylic acid groups (broad SMARTS) is 1. The summed E-state index contributed by atoms with van der Waals surface area (Å²) in [6, 6.07) is 10.4. The summed E-state index contributed by atoms with van der Waals surface area (Å²) in [6.07, 6.45) is 4.78. The average molecular weight is 327 g/mol. The van der Waals surface area contributed by atoms with Crippen molar-refractivity contribution in [2.24, 2.45) is 5.41 Å². The summed E-state index contributed by atoms with van der Waals surface area (Å²) in [6.45, 7) is 6.90. The second-order valence-corrected chi connectivity index (χ2v) is 7.61. The van der Waals surface area contributed by atoms with Gasteiger partial charge in [-0.05, 0) is 18.3 Å². The Bertz CT molecular complexity index is 703. The highest BCUT2D eigenvalue weighted by Gasteiger charge is 2.39. The lowest BCUT2D eigenvalue weighted by molar-refractivity contribution is 0.0428. The molecule has 0 radical (unpaired) electrons. The maximum absolute atomic E-state index is 11.6. The molecule has 1 N–H and O–H groups in total. The van der Waals surface area contributed by atoms with Crippen LogP contribution in [0.25, 0.3) is 11.3 Å². The molecule has 1 aliphatic rings. The number of amides is 1. The van der Waals surface area contributed by atoms with Gasteiger partial charge in [-0.15, -0.1) is 0 Å². The van der Waals surface area contributed by atoms with E-state index in [2.05, 4.69) is 48.7 Å². The highest BCUT2D eigenvalue weighted by Crippen LogP contribution is 2.37. The van der Waals surface area contributed by atoms with E-state index < -0.39 is 6.09 Å². The number of piperidine rings is 1. The van der Waals surface area contributed by atoms with Gasteiger partial charge in [0.1, 0.15) is 0 Å². The van der Waals surface area contributed by atoms with Gasteiger partial charge in [0.05, 0.1) is 12.0 Å². The normalized spacial score (nSPS) is 21.7. The fraction of sp³-hybridized carbons (Fsp3) is 0.474. The molecule has 3 rings (SSSR count). The van der Waals surface area contributed by atoms with Gasteiger partial charge in [-0.3, -0.25) is 0 Å². The maximum Gasteiger partial charge on any atom is 0.407 e. The van der Waals surface area contributed by atoms with Crippen LogP contribution in [0.15, 0.2) is 42.9 Å². The molecule has 5 nitrogen and oxygen atoms in total. The highest BCUT2D eigenvalue weighted by molar-refractivity contribution is 5.65. The van der Waals surface area contributed by atoms with Crippen molar-refractivity contribution in [3.05, 3.63) is 42.9 Å². The van der Waals surface area contributed by atoms with Crippen LogP contribution in [0.5, 0.6) is 0 Å². The lowest BCUT2D eigenvalue weighted by Crippen LogP contribution is -2.51. The number of rotatable bonds is 2. The van der Waals surface area contributed by atoms with Gasteiger partial charge < -0.3 is 14.6 Å². The van der Waals surface area contributed by atoms with Crippen LogP contribution in [0, 0.1) is 5.41 Å². The van der Waals surface area contributed by atoms with Crippen LogP contribution >= 0.6 is 0 Å². The molecule has 1 saturated heterocycles. The van der Waals surface area contributed by atoms with Crippen LogP contribution in [0.2, 0.25) is 0 Å². The SMILES string of the molecule is CC(C)(C)C1CC(n2cnc(-c3ccccc3)c2)CCN1C(=O)O. The zero-order chi connectivity index (χ0) is 17.3. The van der Waals surface area contributed by atoms with Gasteiger partial charge in [0.25, 0.3) is 0 Å². The molecule has 2 heterocycles. The van der Waals surface area contributed by atoms with Crippen LogP contribution in [0.3, 0.4) is 0 Å². The van der Waals surface area contributed by atoms with Gasteiger partial charge in [-0.2, -0.15) is 0 Å². The number of hydrogen-bond acceptors (Lipinski definition) is 2. The summed E-state index contributed by atoms with van der Waals surface area (Å²) < 4.78 is 2.15. The minimum atomic E-state index is -0.816. The van der Waals surface area contributed by atoms with Gasteiger partial charge in [0.15, 0.2) is 0 Å². The third-order valence-electron chi connectivity index (χ3n) is 4.91. The van der Waals surface area contributed by atoms with Crippen LogP contribution in [-0.2, 0) is 0 Å². The monoisotopic (exact) mass is 327 g/mol. The fourth-order valence-electron chi connectivity index (χ4n) is 3.56. The van der Waals surface area contributed by atoms with Gasteiger partial charge in [0.2, 0.25) is 0 Å². The topological polar surface area (TPSA) is 58.4 Å². The Morgan fingerprint density at radius 3 is 2.58 bits per heavy atom. The first-order valence-electron chi connectivity index (χ1n) is 8.44. The first kappa shape index (κ1) is 16.6. The molecule has 1 amide bonds. The maximum atomic E-state index is 11.6. The van der Waals surface area contributed by atoms with Crippen molar-refractivity contribution in [2.45, 2.75) is 45.7 Å². The van der Waals surface area contributed by atoms with E-state index in [1.807, 2.05) is 24.5 Å². The molecule has 0 bridgehead atoms. The van der Waals surface area contributed by atoms with E-state index in [1.54, 1.807) is 4.90 Å². The molecule has 1 aromatic carbocycles. The summed E-state index contributed by atoms with van der Waals surface area (Å²) in [4.78, 5) is 17.7. The highest BCUT2D eigenvalue weighted by atomic mass is 16.4. The smallest absolute Gasteiger partial charge is 0.407 e. The van der Waals surface area contributed by atoms with Crippen LogP contribution < -0.4 is 0 Å². The minimum Gasteiger partial charge on any atom is -0.465 e. The molecule has 1 fully saturated rings. The molecular weight excluding hydrogens is 302 g/mol. The molecule has 0 aliphatic carbocycles. The van der Waals surface area contributed by atoms with E-state index in [0.717, 1.165) is 24.1 Å². The summed E-state index contributed by atoms with van der Waals surface area (Å²) in [5, 5.41) is 9.49. The minimum absolute atomic E-state index is 0.0105. The zero-order valence-corrected chi connectivity index (χ0v) is 14.5. The van der Waals surface area contributed by atoms with E-state index >= 15 is 0 Å². The van der Waals surface area contributed by atoms with E-state index in [-0.39, 0.29) is 17.5 Å². The molecule has 2 atom stereocenters. The Kier molecular flexibility index (Phi) is 4.35. The summed E-state index contributed by atoms with van der Waals surface area (Å²) >= 11 is 0. The number of benzene rings is 1. The fourth-order valence-corrected chi connectivity index (χ4v) is 3.56. The van der Waals surface area contributed by atoms with Crippen LogP contribution in [-0.4, -0.2) is 38.2 Å². The van der Waals surface area contributed by atoms with Crippen molar-refractivity contribution in [3.63, 3.8) is 0 Å². The number of likely N-dealkylation sites (tertiary alicyclic amines) is 1. The first-order valence-corrected chi connectivity index (χ1v) is 8.44. The van der Waals surface area contributed by atoms with Crippen molar-refractivity contribution >= 4 is 6.09 Å². The predicted octanol–water partition coefficient (Wildman–Crippen LogP) is 4.28. The molecule has 0 saturated carbocycles. The van der Waals surface area contributed by atoms with E-state index in [1.165, 1.54) is 0 Å². The first-order chi connectivity index (χ1) is 11.4. The van der Waals surface area contributed by atoms with E-state index in [9.17, 15) is 9.90 Å². The number of carbonyl (C=O) groups is 1. The van der Waals surface area contributed by atoms with Gasteiger partial charge >= 0.3 is 6.09 Å². The molecule has 2 aromatic rings. The Hall–Kier alpha value is -2.30. The molecule has 24 heavy (non-hydrogen) atoms. The van der Waals surface area contributed by atoms with Crippen molar-refractivity contribution in [3.8, 4) is 11.3 Å². The molecule has 0 spiro atoms. The summed E-state index contributed by atoms with van der Waals surface area (Å²) in [5.74, 6) is 0. The second-order valence-electron chi connectivity index (χ2n) is 7.61. The number of aromatic nitrogens is 2. The Balaban J connectivity index is 1.81. The molecular formula is C19H25N3O2. The summed E-state index contributed by atoms with van der Waals surface area (Å²) in [7, 11) is 0. The summed E-state index contributed by atoms with van der Waals surface area (Å²) in [5.41, 5.74) is 1.98. The third-order valence-corrected chi connectivity index (χ3v) is 4.91. The third kappa shape index (κ3) is 3.30. The number of hydrogen-bond donors (Lipinski definition) is 1. The van der Waals surface area contributed by atoms with E-state index in [4.69, 9.17) is 0 Å². The largest absolute Gasteiger partial charge is 0.465 e. The lowest BCUT2D eigenvalue weighted by Gasteiger charge is -2.44. The Morgan fingerprint density at radius 1 is 1.25 bits per heavy atom. The number of imidazole rings is 1. The molecule has 1 aromatic heterocycles. The molecule has 1 aliphatic heterocycles. The van der Waals surface area contributed by atoms with Crippen LogP contribution in [0.4, 0.5) is 4.79 Å². The zero-order valence-electron chi connectivity index (χ0n) is 14.5. The number of nitrogens with zero attached hydrogens (tertiary/aromatic N) is 3. The quantitative estimate of drug-likeness (QED) is 0.895. The predicted molar refractivity (Wildman–Crippen MR) is 93.9 cm³/mol. The van der Waals surface area contributed by atoms with Crippen molar-refractivity contribution in [1.82, 2.24) is 14.5 Å². The van der Waals surface area contributed by atoms with Crippen LogP contribution in [0.1, 0.15) is 39.7 Å². The Morgan fingerprint density at radius 2 is 1.96 bits per heavy atom.